The smallest absolute Gasteiger partial charge is 0.304 e. The molecule has 0 saturated carbocycles. The molecule has 3 aromatic rings. The first-order valence-corrected chi connectivity index (χ1v) is 10.9. The molecule has 0 unspecified atom stereocenters. The van der Waals surface area contributed by atoms with Gasteiger partial charge in [0.2, 0.25) is 12.3 Å². The number of rotatable bonds is 4. The lowest BCUT2D eigenvalue weighted by molar-refractivity contribution is -0.596. The fourth-order valence-corrected chi connectivity index (χ4v) is 4.09. The van der Waals surface area contributed by atoms with Crippen LogP contribution in [0.5, 0.6) is 0 Å². The third-order valence-electron chi connectivity index (χ3n) is 5.40. The number of benzene rings is 3. The molecule has 32 heavy (non-hydrogen) atoms. The van der Waals surface area contributed by atoms with Gasteiger partial charge in [0.25, 0.3) is 5.91 Å². The van der Waals surface area contributed by atoms with Gasteiger partial charge >= 0.3 is 5.91 Å². The highest BCUT2D eigenvalue weighted by molar-refractivity contribution is 6.36. The molecule has 7 heteroatoms. The van der Waals surface area contributed by atoms with Crippen molar-refractivity contribution in [3.63, 3.8) is 0 Å². The van der Waals surface area contributed by atoms with Gasteiger partial charge in [0.05, 0.1) is 10.6 Å². The minimum Gasteiger partial charge on any atom is -0.334 e. The molecule has 4 rings (SSSR count). The summed E-state index contributed by atoms with van der Waals surface area (Å²) in [5, 5.41) is 3.88. The molecule has 0 radical (unpaired) electrons. The zero-order valence-corrected chi connectivity index (χ0v) is 19.1. The van der Waals surface area contributed by atoms with Gasteiger partial charge in [-0.3, -0.25) is 9.59 Å². The van der Waals surface area contributed by atoms with E-state index in [0.717, 1.165) is 16.7 Å². The van der Waals surface area contributed by atoms with E-state index in [1.165, 1.54) is 0 Å². The molecule has 0 aromatic heterocycles. The second-order valence-electron chi connectivity index (χ2n) is 7.85. The number of halogens is 2. The van der Waals surface area contributed by atoms with Crippen LogP contribution in [0.2, 0.25) is 10.0 Å². The fraction of sp³-hybridized carbons (Fsp3) is 0.160. The molecular weight excluding hydrogens is 445 g/mol. The second-order valence-corrected chi connectivity index (χ2v) is 8.69. The molecule has 1 fully saturated rings. The van der Waals surface area contributed by atoms with Crippen molar-refractivity contribution in [1.29, 1.82) is 0 Å². The van der Waals surface area contributed by atoms with Gasteiger partial charge in [0.1, 0.15) is 0 Å². The summed E-state index contributed by atoms with van der Waals surface area (Å²) < 4.78 is 1.68. The molecule has 1 aliphatic heterocycles. The fourth-order valence-electron chi connectivity index (χ4n) is 3.63. The number of carbonyl (C=O) groups excluding carboxylic acids is 2. The maximum atomic E-state index is 12.9. The monoisotopic (exact) mass is 466 g/mol. The van der Waals surface area contributed by atoms with Gasteiger partial charge < -0.3 is 5.32 Å². The third kappa shape index (κ3) is 4.69. The first-order chi connectivity index (χ1) is 15.3. The van der Waals surface area contributed by atoms with Gasteiger partial charge in [0.15, 0.2) is 6.04 Å². The Morgan fingerprint density at radius 1 is 0.969 bits per heavy atom. The van der Waals surface area contributed by atoms with Gasteiger partial charge in [-0.2, -0.15) is 0 Å². The van der Waals surface area contributed by atoms with Gasteiger partial charge in [-0.1, -0.05) is 70.7 Å². The normalized spacial score (nSPS) is 19.1. The Bertz CT molecular complexity index is 1200. The van der Waals surface area contributed by atoms with E-state index in [9.17, 15) is 9.59 Å². The predicted octanol–water partition coefficient (Wildman–Crippen LogP) is 4.63. The highest BCUT2D eigenvalue weighted by Gasteiger charge is 2.47. The topological polar surface area (TPSA) is 61.2 Å². The zero-order chi connectivity index (χ0) is 22.8. The van der Waals surface area contributed by atoms with Crippen LogP contribution in [0.1, 0.15) is 38.7 Å². The van der Waals surface area contributed by atoms with E-state index in [1.807, 2.05) is 50.2 Å². The standard InChI is InChI=1S/C25H21Cl2N3O2/c1-15-3-7-17(8-4-15)23-22(28-24(31)18-9-5-16(2)6-10-18)25(32)29-30(23)14-19-11-12-20(26)13-21(19)27/h3-14,22-23H,1-2H3,(H-,28,29,31,32)/p+1/b30-14-/t22-,23-/m1/s1. The Balaban J connectivity index is 1.72. The molecule has 1 heterocycles. The van der Waals surface area contributed by atoms with E-state index in [2.05, 4.69) is 10.7 Å². The summed E-state index contributed by atoms with van der Waals surface area (Å²) in [5.74, 6) is -0.619. The number of carbonyl (C=O) groups is 2. The van der Waals surface area contributed by atoms with Crippen molar-refractivity contribution in [2.45, 2.75) is 25.9 Å². The van der Waals surface area contributed by atoms with Crippen molar-refractivity contribution in [1.82, 2.24) is 10.7 Å². The van der Waals surface area contributed by atoms with Crippen LogP contribution < -0.4 is 10.7 Å². The quantitative estimate of drug-likeness (QED) is 0.550. The van der Waals surface area contributed by atoms with Crippen LogP contribution in [0.3, 0.4) is 0 Å². The summed E-state index contributed by atoms with van der Waals surface area (Å²) in [6, 6.07) is 19.0. The summed E-state index contributed by atoms with van der Waals surface area (Å²) >= 11 is 12.4. The minimum absolute atomic E-state index is 0.308. The van der Waals surface area contributed by atoms with Gasteiger partial charge in [0, 0.05) is 16.1 Å². The van der Waals surface area contributed by atoms with Crippen molar-refractivity contribution in [2.24, 2.45) is 0 Å². The first kappa shape index (κ1) is 22.1. The highest BCUT2D eigenvalue weighted by atomic mass is 35.5. The van der Waals surface area contributed by atoms with E-state index in [0.29, 0.717) is 21.2 Å². The van der Waals surface area contributed by atoms with E-state index < -0.39 is 12.1 Å². The van der Waals surface area contributed by atoms with E-state index in [1.54, 1.807) is 41.2 Å². The Morgan fingerprint density at radius 3 is 2.22 bits per heavy atom. The summed E-state index contributed by atoms with van der Waals surface area (Å²) in [6.45, 7) is 3.95. The molecular formula is C25H22Cl2N3O2+. The predicted molar refractivity (Wildman–Crippen MR) is 126 cm³/mol. The lowest BCUT2D eigenvalue weighted by atomic mass is 9.98. The molecule has 3 aromatic carbocycles. The van der Waals surface area contributed by atoms with Crippen LogP contribution >= 0.6 is 23.2 Å². The van der Waals surface area contributed by atoms with E-state index in [-0.39, 0.29) is 11.8 Å². The summed E-state index contributed by atoms with van der Waals surface area (Å²) in [7, 11) is 0. The summed E-state index contributed by atoms with van der Waals surface area (Å²) in [5.41, 5.74) is 7.08. The number of aryl methyl sites for hydroxylation is 2. The van der Waals surface area contributed by atoms with E-state index in [4.69, 9.17) is 23.2 Å². The van der Waals surface area contributed by atoms with Crippen LogP contribution in [0, 0.1) is 13.8 Å². The van der Waals surface area contributed by atoms with Gasteiger partial charge in [-0.15, -0.1) is 10.1 Å². The van der Waals surface area contributed by atoms with Crippen molar-refractivity contribution in [3.8, 4) is 0 Å². The van der Waals surface area contributed by atoms with Crippen LogP contribution in [-0.4, -0.2) is 28.8 Å². The SMILES string of the molecule is Cc1ccc(C(=O)N[C@H]2C(=O)N/[N+](=C\c3ccc(Cl)cc3Cl)[C@@H]2c2ccc(C)cc2)cc1. The highest BCUT2D eigenvalue weighted by Crippen LogP contribution is 2.27. The largest absolute Gasteiger partial charge is 0.334 e. The maximum Gasteiger partial charge on any atom is 0.304 e. The molecule has 0 aliphatic carbocycles. The summed E-state index contributed by atoms with van der Waals surface area (Å²) in [4.78, 5) is 25.8. The Morgan fingerprint density at radius 2 is 1.59 bits per heavy atom. The second kappa shape index (κ2) is 9.15. The minimum atomic E-state index is -0.797. The number of hydrogen-bond donors (Lipinski definition) is 2. The van der Waals surface area contributed by atoms with Gasteiger partial charge in [-0.25, -0.2) is 0 Å². The number of nitrogens with zero attached hydrogens (tertiary/aromatic N) is 1. The molecule has 0 spiro atoms. The number of nitrogens with one attached hydrogen (secondary N) is 2. The number of hydrazine groups is 1. The number of hydrogen-bond acceptors (Lipinski definition) is 2. The molecule has 2 N–H and O–H groups in total. The molecule has 162 valence electrons. The van der Waals surface area contributed by atoms with E-state index >= 15 is 0 Å². The zero-order valence-electron chi connectivity index (χ0n) is 17.6. The molecule has 2 amide bonds. The van der Waals surface area contributed by atoms with Crippen LogP contribution in [0.15, 0.2) is 66.7 Å². The lowest BCUT2D eigenvalue weighted by Crippen LogP contribution is -2.42. The van der Waals surface area contributed by atoms with Crippen LogP contribution in [0.25, 0.3) is 0 Å². The summed E-state index contributed by atoms with van der Waals surface area (Å²) in [6.07, 6.45) is 1.75. The van der Waals surface area contributed by atoms with Crippen LogP contribution in [-0.2, 0) is 4.79 Å². The molecule has 2 atom stereocenters. The average Bonchev–Trinajstić information content (AvgIpc) is 3.06. The van der Waals surface area contributed by atoms with Crippen molar-refractivity contribution < 1.29 is 14.3 Å². The lowest BCUT2D eigenvalue weighted by Gasteiger charge is -2.15. The molecule has 5 nitrogen and oxygen atoms in total. The Kier molecular flexibility index (Phi) is 6.31. The Labute approximate surface area is 196 Å². The van der Waals surface area contributed by atoms with Crippen molar-refractivity contribution in [3.05, 3.63) is 105 Å². The number of amides is 2. The van der Waals surface area contributed by atoms with Gasteiger partial charge in [-0.05, 0) is 44.2 Å². The average molecular weight is 467 g/mol. The number of hydrazone groups is 1. The first-order valence-electron chi connectivity index (χ1n) is 10.1. The van der Waals surface area contributed by atoms with Crippen molar-refractivity contribution >= 4 is 41.2 Å². The molecule has 0 bridgehead atoms. The molecule has 1 aliphatic rings. The molecule has 1 saturated heterocycles. The van der Waals surface area contributed by atoms with Crippen molar-refractivity contribution in [2.75, 3.05) is 0 Å². The maximum absolute atomic E-state index is 12.9. The third-order valence-corrected chi connectivity index (χ3v) is 5.96. The Hall–Kier alpha value is -3.15. The van der Waals surface area contributed by atoms with Crippen LogP contribution in [0.4, 0.5) is 0 Å².